The summed E-state index contributed by atoms with van der Waals surface area (Å²) in [6.07, 6.45) is -1.07. The van der Waals surface area contributed by atoms with Crippen LogP contribution >= 0.6 is 7.75 Å². The number of para-hydroxylation sites is 1. The first-order valence-electron chi connectivity index (χ1n) is 12.7. The minimum absolute atomic E-state index is 0.103. The van der Waals surface area contributed by atoms with Crippen LogP contribution in [0.3, 0.4) is 0 Å². The quantitative estimate of drug-likeness (QED) is 0.189. The maximum absolute atomic E-state index is 13.9. The smallest absolute Gasteiger partial charge is 0.460 e. The molecular weight excluding hydrogens is 552 g/mol. The van der Waals surface area contributed by atoms with Gasteiger partial charge in [0.05, 0.1) is 25.8 Å². The third-order valence-corrected chi connectivity index (χ3v) is 7.85. The van der Waals surface area contributed by atoms with Crippen molar-refractivity contribution in [2.75, 3.05) is 13.2 Å². The van der Waals surface area contributed by atoms with Crippen molar-refractivity contribution < 1.29 is 42.5 Å². The van der Waals surface area contributed by atoms with Crippen LogP contribution in [0.2, 0.25) is 0 Å². The Bertz CT molecular complexity index is 1360. The van der Waals surface area contributed by atoms with Crippen molar-refractivity contribution in [2.24, 2.45) is 5.92 Å². The molecule has 0 unspecified atom stereocenters. The third kappa shape index (κ3) is 7.81. The van der Waals surface area contributed by atoms with Gasteiger partial charge in [-0.05, 0) is 25.0 Å². The van der Waals surface area contributed by atoms with Crippen molar-refractivity contribution in [1.82, 2.24) is 14.6 Å². The summed E-state index contributed by atoms with van der Waals surface area (Å²) in [5, 5.41) is 23.1. The summed E-state index contributed by atoms with van der Waals surface area (Å²) < 4.78 is 50.4. The first-order valence-corrected chi connectivity index (χ1v) is 14.2. The lowest BCUT2D eigenvalue weighted by Crippen LogP contribution is -2.37. The molecule has 4 N–H and O–H groups in total. The van der Waals surface area contributed by atoms with Gasteiger partial charge in [0.1, 0.15) is 17.6 Å². The van der Waals surface area contributed by atoms with Gasteiger partial charge in [0, 0.05) is 0 Å². The number of carbonyl (C=O) groups excluding carboxylic acids is 1. The van der Waals surface area contributed by atoms with Crippen molar-refractivity contribution in [1.29, 1.82) is 0 Å². The zero-order valence-electron chi connectivity index (χ0n) is 22.2. The number of esters is 1. The number of hydrogen-bond donors (Lipinski definition) is 4. The average Bonchev–Trinajstić information content (AvgIpc) is 3.31. The van der Waals surface area contributed by atoms with Gasteiger partial charge in [-0.15, -0.1) is 0 Å². The van der Waals surface area contributed by atoms with E-state index in [2.05, 4.69) is 5.09 Å². The Morgan fingerprint density at radius 1 is 1.27 bits per heavy atom. The molecule has 0 fully saturated rings. The monoisotopic (exact) mass is 585 g/mol. The number of benzene rings is 1. The highest BCUT2D eigenvalue weighted by Gasteiger charge is 2.40. The predicted molar refractivity (Wildman–Crippen MR) is 140 cm³/mol. The number of nitrogens with one attached hydrogen (secondary N) is 2. The molecule has 15 heteroatoms. The van der Waals surface area contributed by atoms with Crippen LogP contribution in [0.1, 0.15) is 46.3 Å². The molecule has 4 atom stereocenters. The maximum atomic E-state index is 13.9. The lowest BCUT2D eigenvalue weighted by molar-refractivity contribution is -0.146. The topological polar surface area (TPSA) is 178 Å². The van der Waals surface area contributed by atoms with Crippen LogP contribution in [-0.2, 0) is 23.4 Å². The molecule has 2 aromatic rings. The summed E-state index contributed by atoms with van der Waals surface area (Å²) >= 11 is 0. The minimum Gasteiger partial charge on any atom is -0.508 e. The average molecular weight is 586 g/mol. The van der Waals surface area contributed by atoms with Gasteiger partial charge in [-0.1, -0.05) is 44.9 Å². The van der Waals surface area contributed by atoms with E-state index in [1.54, 1.807) is 23.2 Å². The Morgan fingerprint density at radius 3 is 2.58 bits per heavy atom. The van der Waals surface area contributed by atoms with E-state index >= 15 is 0 Å². The first kappa shape index (κ1) is 31.1. The number of hydrogen-bond acceptors (Lipinski definition) is 10. The number of H-pyrrole nitrogens is 1. The van der Waals surface area contributed by atoms with Crippen LogP contribution in [-0.4, -0.2) is 51.1 Å². The number of halogens is 1. The summed E-state index contributed by atoms with van der Waals surface area (Å²) in [6, 6.07) is 6.70. The molecule has 2 heterocycles. The number of nitrogens with zero attached hydrogens (tertiary/aromatic N) is 1. The van der Waals surface area contributed by atoms with Crippen LogP contribution in [0.5, 0.6) is 5.75 Å². The van der Waals surface area contributed by atoms with E-state index in [-0.39, 0.29) is 24.7 Å². The maximum Gasteiger partial charge on any atom is 0.460 e. The third-order valence-electron chi connectivity index (χ3n) is 6.16. The normalized spacial score (nSPS) is 18.2. The SMILES string of the molecule is CCC(CC)COC(=O)[C@H](C)N[P@](=O)(Oc1ccccc1)O[C@H](CO)C1=C(O)C[C@H](n2cc(F)c(=O)[nH]c2=O)O1. The number of rotatable bonds is 14. The highest BCUT2D eigenvalue weighted by atomic mass is 31.2. The van der Waals surface area contributed by atoms with E-state index in [9.17, 15) is 33.6 Å². The number of carbonyl (C=O) groups is 1. The molecule has 0 amide bonds. The highest BCUT2D eigenvalue weighted by molar-refractivity contribution is 7.52. The lowest BCUT2D eigenvalue weighted by Gasteiger charge is -2.27. The second-order valence-electron chi connectivity index (χ2n) is 9.07. The second-order valence-corrected chi connectivity index (χ2v) is 10.7. The highest BCUT2D eigenvalue weighted by Crippen LogP contribution is 2.48. The fourth-order valence-electron chi connectivity index (χ4n) is 3.78. The van der Waals surface area contributed by atoms with Crippen LogP contribution in [0.4, 0.5) is 4.39 Å². The van der Waals surface area contributed by atoms with Crippen molar-refractivity contribution in [3.05, 3.63) is 74.7 Å². The molecule has 0 bridgehead atoms. The van der Waals surface area contributed by atoms with E-state index in [0.717, 1.165) is 12.8 Å². The summed E-state index contributed by atoms with van der Waals surface area (Å²) in [7, 11) is -4.49. The van der Waals surface area contributed by atoms with E-state index in [4.69, 9.17) is 18.5 Å². The molecule has 1 aromatic carbocycles. The van der Waals surface area contributed by atoms with Gasteiger partial charge in [-0.2, -0.15) is 9.48 Å². The van der Waals surface area contributed by atoms with Crippen molar-refractivity contribution in [3.8, 4) is 5.75 Å². The Morgan fingerprint density at radius 2 is 1.95 bits per heavy atom. The number of aliphatic hydroxyl groups is 2. The predicted octanol–water partition coefficient (Wildman–Crippen LogP) is 2.89. The molecular formula is C25H33FN3O10P. The summed E-state index contributed by atoms with van der Waals surface area (Å²) in [5.41, 5.74) is -2.24. The molecule has 1 aliphatic rings. The number of ether oxygens (including phenoxy) is 2. The summed E-state index contributed by atoms with van der Waals surface area (Å²) in [6.45, 7) is 4.63. The van der Waals surface area contributed by atoms with E-state index in [1.165, 1.54) is 19.1 Å². The molecule has 0 saturated carbocycles. The van der Waals surface area contributed by atoms with Gasteiger partial charge in [0.25, 0.3) is 5.56 Å². The Hall–Kier alpha value is -3.45. The molecule has 13 nitrogen and oxygen atoms in total. The Balaban J connectivity index is 1.82. The zero-order chi connectivity index (χ0) is 29.4. The first-order chi connectivity index (χ1) is 19.0. The zero-order valence-corrected chi connectivity index (χ0v) is 23.1. The number of aliphatic hydroxyl groups excluding tert-OH is 2. The number of aromatic amines is 1. The molecule has 1 aromatic heterocycles. The van der Waals surface area contributed by atoms with E-state index in [1.807, 2.05) is 13.8 Å². The summed E-state index contributed by atoms with van der Waals surface area (Å²) in [5.74, 6) is -2.62. The van der Waals surface area contributed by atoms with Crippen molar-refractivity contribution >= 4 is 13.7 Å². The minimum atomic E-state index is -4.49. The van der Waals surface area contributed by atoms with Crippen LogP contribution in [0.15, 0.2) is 57.6 Å². The number of aromatic nitrogens is 2. The van der Waals surface area contributed by atoms with E-state index < -0.39 is 67.3 Å². The summed E-state index contributed by atoms with van der Waals surface area (Å²) in [4.78, 5) is 37.9. The molecule has 1 aliphatic heterocycles. The van der Waals surface area contributed by atoms with Crippen LogP contribution in [0.25, 0.3) is 0 Å². The fourth-order valence-corrected chi connectivity index (χ4v) is 5.42. The standard InChI is InChI=1S/C25H33FN3O10P/c1-4-16(5-2)14-36-24(33)15(3)28-40(35,38-17-9-7-6-8-10-17)39-20(13-30)22-19(31)11-21(37-22)29-12-18(26)23(32)27-25(29)34/h6-10,12,15-16,20-21,30-31H,4-5,11,13-14H2,1-3H3,(H,28,35)(H,27,32,34)/t15-,20+,21+,40-/m0/s1. The molecule has 0 spiro atoms. The van der Waals surface area contributed by atoms with Crippen LogP contribution < -0.4 is 20.9 Å². The van der Waals surface area contributed by atoms with Gasteiger partial charge < -0.3 is 24.2 Å². The lowest BCUT2D eigenvalue weighted by atomic mass is 10.1. The molecule has 0 aliphatic carbocycles. The van der Waals surface area contributed by atoms with Gasteiger partial charge >= 0.3 is 19.4 Å². The fraction of sp³-hybridized carbons (Fsp3) is 0.480. The molecule has 3 rings (SSSR count). The van der Waals surface area contributed by atoms with Crippen molar-refractivity contribution in [2.45, 2.75) is 58.4 Å². The van der Waals surface area contributed by atoms with Gasteiger partial charge in [-0.3, -0.25) is 23.7 Å². The Labute approximate surface area is 229 Å². The van der Waals surface area contributed by atoms with Crippen molar-refractivity contribution in [3.63, 3.8) is 0 Å². The Kier molecular flexibility index (Phi) is 10.7. The van der Waals surface area contributed by atoms with Gasteiger partial charge in [0.2, 0.25) is 5.82 Å². The molecule has 220 valence electrons. The second kappa shape index (κ2) is 13.8. The van der Waals surface area contributed by atoms with Crippen LogP contribution in [0, 0.1) is 11.7 Å². The molecule has 40 heavy (non-hydrogen) atoms. The molecule has 0 radical (unpaired) electrons. The molecule has 0 saturated heterocycles. The van der Waals surface area contributed by atoms with E-state index in [0.29, 0.717) is 10.8 Å². The largest absolute Gasteiger partial charge is 0.508 e. The van der Waals surface area contributed by atoms with Gasteiger partial charge in [0.15, 0.2) is 18.1 Å². The van der Waals surface area contributed by atoms with Gasteiger partial charge in [-0.25, -0.2) is 9.36 Å².